The topological polar surface area (TPSA) is 127 Å². The number of hydrogen-bond acceptors (Lipinski definition) is 5. The monoisotopic (exact) mass is 403 g/mol. The summed E-state index contributed by atoms with van der Waals surface area (Å²) < 4.78 is 19.3. The van der Waals surface area contributed by atoms with Crippen molar-refractivity contribution >= 4 is 22.5 Å². The van der Waals surface area contributed by atoms with Crippen molar-refractivity contribution in [3.8, 4) is 23.7 Å². The molecule has 1 heterocycles. The molecule has 0 bridgehead atoms. The van der Waals surface area contributed by atoms with E-state index >= 15 is 0 Å². The number of amides is 1. The van der Waals surface area contributed by atoms with E-state index in [-0.39, 0.29) is 23.7 Å². The van der Waals surface area contributed by atoms with Gasteiger partial charge in [0.05, 0.1) is 23.5 Å². The molecule has 5 N–H and O–H groups in total. The molecule has 28 heavy (non-hydrogen) atoms. The summed E-state index contributed by atoms with van der Waals surface area (Å²) in [6, 6.07) is 4.91. The Kier molecular flexibility index (Phi) is 6.90. The molecule has 0 aromatic heterocycles. The van der Waals surface area contributed by atoms with E-state index in [4.69, 9.17) is 5.11 Å². The summed E-state index contributed by atoms with van der Waals surface area (Å²) in [7, 11) is -2.83. The van der Waals surface area contributed by atoms with E-state index in [0.29, 0.717) is 12.0 Å². The molecule has 0 aliphatic carbocycles. The maximum atomic E-state index is 12.5. The van der Waals surface area contributed by atoms with Crippen molar-refractivity contribution in [2.75, 3.05) is 18.1 Å². The van der Waals surface area contributed by atoms with E-state index in [9.17, 15) is 23.8 Å². The normalized spacial score (nSPS) is 18.0. The molecule has 7 nitrogen and oxygen atoms in total. The molecule has 148 valence electrons. The highest BCUT2D eigenvalue weighted by Gasteiger charge is 2.54. The third-order valence-electron chi connectivity index (χ3n) is 4.25. The van der Waals surface area contributed by atoms with Crippen molar-refractivity contribution in [3.05, 3.63) is 48.0 Å². The lowest BCUT2D eigenvalue weighted by Gasteiger charge is -2.56. The molecule has 1 aliphatic heterocycles. The van der Waals surface area contributed by atoms with Gasteiger partial charge in [-0.15, -0.1) is 6.58 Å². The molecular weight excluding hydrogens is 382 g/mol. The molecule has 1 aromatic rings. The van der Waals surface area contributed by atoms with Crippen molar-refractivity contribution in [2.45, 2.75) is 12.5 Å². The number of aliphatic hydroxyl groups excluding tert-OH is 1. The number of benzene rings is 1. The summed E-state index contributed by atoms with van der Waals surface area (Å²) in [6.45, 7) is 3.57. The number of rotatable bonds is 6. The predicted octanol–water partition coefficient (Wildman–Crippen LogP) is 1.54. The maximum absolute atomic E-state index is 12.5. The van der Waals surface area contributed by atoms with Gasteiger partial charge in [0, 0.05) is 17.5 Å². The minimum Gasteiger partial charge on any atom is -0.480 e. The molecule has 1 fully saturated rings. The molecule has 1 aromatic carbocycles. The van der Waals surface area contributed by atoms with Crippen LogP contribution in [-0.4, -0.2) is 55.3 Å². The molecular formula is C20H21NO6S. The second-order valence-corrected chi connectivity index (χ2v) is 8.56. The summed E-state index contributed by atoms with van der Waals surface area (Å²) in [6.07, 6.45) is 1.71. The van der Waals surface area contributed by atoms with Gasteiger partial charge in [0.1, 0.15) is 6.04 Å². The first-order valence-electron chi connectivity index (χ1n) is 8.34. The van der Waals surface area contributed by atoms with Crippen LogP contribution in [0.4, 0.5) is 0 Å². The second-order valence-electron chi connectivity index (χ2n) is 6.38. The van der Waals surface area contributed by atoms with Crippen molar-refractivity contribution in [1.29, 1.82) is 0 Å². The molecule has 0 saturated carbocycles. The van der Waals surface area contributed by atoms with E-state index in [2.05, 4.69) is 35.6 Å². The Labute approximate surface area is 164 Å². The van der Waals surface area contributed by atoms with Gasteiger partial charge in [-0.2, -0.15) is 10.6 Å². The summed E-state index contributed by atoms with van der Waals surface area (Å²) in [5.41, 5.74) is -0.229. The number of carbonyl (C=O) groups is 2. The standard InChI is InChI=1S/C20H21NO6S/c1-2-20(13-28(26,27)14-20)17(19(24)25)21-18(23)16-10-8-15(9-11-16)7-5-3-4-6-12-22/h2,8-11,17,22,26-27H,1,6,12-14H2,(H,21,23)(H,24,25). The first-order valence-corrected chi connectivity index (χ1v) is 10.2. The van der Waals surface area contributed by atoms with Crippen molar-refractivity contribution in [1.82, 2.24) is 5.32 Å². The highest BCUT2D eigenvalue weighted by molar-refractivity contribution is 8.25. The lowest BCUT2D eigenvalue weighted by Crippen LogP contribution is -2.61. The molecule has 2 rings (SSSR count). The zero-order valence-electron chi connectivity index (χ0n) is 15.0. The molecule has 1 atom stereocenters. The van der Waals surface area contributed by atoms with Crippen LogP contribution in [0.3, 0.4) is 0 Å². The number of hydrogen-bond donors (Lipinski definition) is 5. The van der Waals surface area contributed by atoms with Crippen LogP contribution < -0.4 is 5.32 Å². The fourth-order valence-corrected chi connectivity index (χ4v) is 5.06. The molecule has 0 radical (unpaired) electrons. The Bertz CT molecular complexity index is 877. The Morgan fingerprint density at radius 3 is 2.39 bits per heavy atom. The van der Waals surface area contributed by atoms with Gasteiger partial charge in [-0.1, -0.05) is 17.9 Å². The van der Waals surface area contributed by atoms with Crippen molar-refractivity contribution in [3.63, 3.8) is 0 Å². The quantitative estimate of drug-likeness (QED) is 0.362. The van der Waals surface area contributed by atoms with Crippen LogP contribution in [0, 0.1) is 29.1 Å². The summed E-state index contributed by atoms with van der Waals surface area (Å²) in [4.78, 5) is 24.1. The highest BCUT2D eigenvalue weighted by Crippen LogP contribution is 2.60. The smallest absolute Gasteiger partial charge is 0.327 e. The Balaban J connectivity index is 2.09. The van der Waals surface area contributed by atoms with Gasteiger partial charge in [-0.05, 0) is 36.1 Å². The highest BCUT2D eigenvalue weighted by atomic mass is 32.3. The molecule has 1 saturated heterocycles. The van der Waals surface area contributed by atoms with Crippen LogP contribution >= 0.6 is 10.6 Å². The third-order valence-corrected chi connectivity index (χ3v) is 6.24. The maximum Gasteiger partial charge on any atom is 0.327 e. The van der Waals surface area contributed by atoms with Crippen LogP contribution in [0.2, 0.25) is 0 Å². The Morgan fingerprint density at radius 2 is 1.89 bits per heavy atom. The van der Waals surface area contributed by atoms with E-state index in [1.807, 2.05) is 0 Å². The van der Waals surface area contributed by atoms with Gasteiger partial charge in [0.2, 0.25) is 0 Å². The largest absolute Gasteiger partial charge is 0.480 e. The zero-order chi connectivity index (χ0) is 20.8. The predicted molar refractivity (Wildman–Crippen MR) is 107 cm³/mol. The molecule has 8 heteroatoms. The average Bonchev–Trinajstić information content (AvgIpc) is 2.63. The fourth-order valence-electron chi connectivity index (χ4n) is 2.86. The summed E-state index contributed by atoms with van der Waals surface area (Å²) >= 11 is 0. The number of carboxylic acids is 1. The Morgan fingerprint density at radius 1 is 1.25 bits per heavy atom. The average molecular weight is 403 g/mol. The number of aliphatic hydroxyl groups is 1. The fraction of sp³-hybridized carbons (Fsp3) is 0.300. The lowest BCUT2D eigenvalue weighted by molar-refractivity contribution is -0.141. The first-order chi connectivity index (χ1) is 13.2. The van der Waals surface area contributed by atoms with Crippen molar-refractivity contribution in [2.24, 2.45) is 5.41 Å². The zero-order valence-corrected chi connectivity index (χ0v) is 15.8. The molecule has 1 amide bonds. The Hall–Kier alpha value is -2.75. The van der Waals surface area contributed by atoms with Crippen molar-refractivity contribution < 1.29 is 28.9 Å². The van der Waals surface area contributed by atoms with Crippen LogP contribution in [0.1, 0.15) is 22.3 Å². The molecule has 1 unspecified atom stereocenters. The number of nitrogens with one attached hydrogen (secondary N) is 1. The molecule has 1 aliphatic rings. The van der Waals surface area contributed by atoms with E-state index in [1.54, 1.807) is 12.1 Å². The van der Waals surface area contributed by atoms with E-state index < -0.39 is 33.9 Å². The second kappa shape index (κ2) is 8.96. The first kappa shape index (κ1) is 21.5. The van der Waals surface area contributed by atoms with Crippen LogP contribution in [0.15, 0.2) is 36.9 Å². The van der Waals surface area contributed by atoms with Gasteiger partial charge in [-0.25, -0.2) is 4.79 Å². The number of carbonyl (C=O) groups excluding carboxylic acids is 1. The lowest BCUT2D eigenvalue weighted by atomic mass is 9.83. The van der Waals surface area contributed by atoms with Crippen LogP contribution in [0.5, 0.6) is 0 Å². The third kappa shape index (κ3) is 5.16. The molecule has 0 spiro atoms. The van der Waals surface area contributed by atoms with Gasteiger partial charge in [0.15, 0.2) is 0 Å². The number of aliphatic carboxylic acids is 1. The minimum absolute atomic E-state index is 0.0259. The SMILES string of the molecule is C=CC1(C(NC(=O)c2ccc(C#CC#CCCO)cc2)C(=O)O)CS(O)(O)C1. The van der Waals surface area contributed by atoms with Crippen LogP contribution in [0.25, 0.3) is 0 Å². The van der Waals surface area contributed by atoms with Gasteiger partial charge in [-0.3, -0.25) is 13.9 Å². The summed E-state index contributed by atoms with van der Waals surface area (Å²) in [5.74, 6) is 8.51. The van der Waals surface area contributed by atoms with E-state index in [0.717, 1.165) is 0 Å². The number of carboxylic acid groups (broad SMARTS) is 1. The van der Waals surface area contributed by atoms with Gasteiger partial charge < -0.3 is 15.5 Å². The van der Waals surface area contributed by atoms with Gasteiger partial charge in [0.25, 0.3) is 5.91 Å². The summed E-state index contributed by atoms with van der Waals surface area (Å²) in [5, 5.41) is 20.6. The van der Waals surface area contributed by atoms with E-state index in [1.165, 1.54) is 18.2 Å². The minimum atomic E-state index is -2.83. The van der Waals surface area contributed by atoms with Crippen LogP contribution in [-0.2, 0) is 4.79 Å². The van der Waals surface area contributed by atoms with Gasteiger partial charge >= 0.3 is 5.97 Å².